The van der Waals surface area contributed by atoms with Crippen LogP contribution >= 0.6 is 11.3 Å². The van der Waals surface area contributed by atoms with E-state index in [0.717, 1.165) is 36.6 Å². The third kappa shape index (κ3) is 2.79. The third-order valence-electron chi connectivity index (χ3n) is 3.14. The topological polar surface area (TPSA) is 41.6 Å². The number of ether oxygens (including phenoxy) is 1. The van der Waals surface area contributed by atoms with Gasteiger partial charge in [0, 0.05) is 30.6 Å². The summed E-state index contributed by atoms with van der Waals surface area (Å²) in [4.78, 5) is 14.9. The lowest BCUT2D eigenvalue weighted by atomic mass is 10.1. The Balaban J connectivity index is 2.03. The lowest BCUT2D eigenvalue weighted by molar-refractivity contribution is 0.0703. The van der Waals surface area contributed by atoms with Crippen LogP contribution in [0.25, 0.3) is 0 Å². The van der Waals surface area contributed by atoms with Crippen LogP contribution in [0.15, 0.2) is 11.4 Å². The fourth-order valence-corrected chi connectivity index (χ4v) is 2.91. The predicted octanol–water partition coefficient (Wildman–Crippen LogP) is 1.58. The summed E-state index contributed by atoms with van der Waals surface area (Å²) in [6, 6.07) is 2.24. The molecule has 94 valence electrons. The molecule has 1 aliphatic heterocycles. The minimum Gasteiger partial charge on any atom is -0.496 e. The molecule has 1 aromatic rings. The number of hydrogen-bond acceptors (Lipinski definition) is 4. The number of piperidine rings is 1. The van der Waals surface area contributed by atoms with E-state index < -0.39 is 0 Å². The van der Waals surface area contributed by atoms with E-state index in [1.807, 2.05) is 23.4 Å². The van der Waals surface area contributed by atoms with E-state index in [4.69, 9.17) is 4.74 Å². The molecule has 0 bridgehead atoms. The number of hydrogen-bond donors (Lipinski definition) is 1. The standard InChI is InChI=1S/C12H18N2O2S/c1-13-9-4-3-5-14(7-9)12(15)11-6-10(16-2)8-17-11/h6,8-9,13H,3-5,7H2,1-2H3. The maximum Gasteiger partial charge on any atom is 0.264 e. The number of methoxy groups -OCH3 is 1. The lowest BCUT2D eigenvalue weighted by Gasteiger charge is -2.32. The highest BCUT2D eigenvalue weighted by Crippen LogP contribution is 2.23. The number of carbonyl (C=O) groups excluding carboxylic acids is 1. The van der Waals surface area contributed by atoms with Crippen LogP contribution in [0.3, 0.4) is 0 Å². The van der Waals surface area contributed by atoms with E-state index in [0.29, 0.717) is 6.04 Å². The fraction of sp³-hybridized carbons (Fsp3) is 0.583. The molecular weight excluding hydrogens is 236 g/mol. The Hall–Kier alpha value is -1.07. The largest absolute Gasteiger partial charge is 0.496 e. The zero-order chi connectivity index (χ0) is 12.3. The van der Waals surface area contributed by atoms with Gasteiger partial charge in [-0.1, -0.05) is 0 Å². The SMILES string of the molecule is CNC1CCCN(C(=O)c2cc(OC)cs2)C1. The summed E-state index contributed by atoms with van der Waals surface area (Å²) < 4.78 is 5.10. The van der Waals surface area contributed by atoms with Crippen LogP contribution in [-0.4, -0.2) is 44.1 Å². The van der Waals surface area contributed by atoms with E-state index in [2.05, 4.69) is 5.32 Å². The first-order valence-electron chi connectivity index (χ1n) is 5.83. The summed E-state index contributed by atoms with van der Waals surface area (Å²) in [6.07, 6.45) is 2.22. The van der Waals surface area contributed by atoms with E-state index in [1.165, 1.54) is 11.3 Å². The molecule has 1 N–H and O–H groups in total. The molecule has 1 fully saturated rings. The molecule has 17 heavy (non-hydrogen) atoms. The Kier molecular flexibility index (Phi) is 4.02. The smallest absolute Gasteiger partial charge is 0.264 e. The number of likely N-dealkylation sites (N-methyl/N-ethyl adjacent to an activating group) is 1. The monoisotopic (exact) mass is 254 g/mol. The molecule has 0 aliphatic carbocycles. The molecule has 1 saturated heterocycles. The van der Waals surface area contributed by atoms with Crippen LogP contribution in [-0.2, 0) is 0 Å². The van der Waals surface area contributed by atoms with E-state index in [1.54, 1.807) is 7.11 Å². The highest BCUT2D eigenvalue weighted by atomic mass is 32.1. The van der Waals surface area contributed by atoms with Gasteiger partial charge in [-0.25, -0.2) is 0 Å². The van der Waals surface area contributed by atoms with Crippen LogP contribution in [0.2, 0.25) is 0 Å². The summed E-state index contributed by atoms with van der Waals surface area (Å²) in [5.41, 5.74) is 0. The van der Waals surface area contributed by atoms with Gasteiger partial charge in [0.1, 0.15) is 5.75 Å². The lowest BCUT2D eigenvalue weighted by Crippen LogP contribution is -2.46. The number of amides is 1. The van der Waals surface area contributed by atoms with Crippen molar-refractivity contribution in [1.82, 2.24) is 10.2 Å². The second-order valence-corrected chi connectivity index (χ2v) is 5.14. The average Bonchev–Trinajstić information content (AvgIpc) is 2.86. The maximum absolute atomic E-state index is 12.2. The third-order valence-corrected chi connectivity index (χ3v) is 4.04. The van der Waals surface area contributed by atoms with Gasteiger partial charge in [0.05, 0.1) is 12.0 Å². The van der Waals surface area contributed by atoms with Gasteiger partial charge in [0.25, 0.3) is 5.91 Å². The Morgan fingerprint density at radius 2 is 2.47 bits per heavy atom. The molecule has 0 saturated carbocycles. The zero-order valence-corrected chi connectivity index (χ0v) is 11.0. The van der Waals surface area contributed by atoms with Gasteiger partial charge in [-0.2, -0.15) is 0 Å². The number of nitrogens with zero attached hydrogens (tertiary/aromatic N) is 1. The molecule has 0 spiro atoms. The average molecular weight is 254 g/mol. The summed E-state index contributed by atoms with van der Waals surface area (Å²) in [5, 5.41) is 5.11. The first-order valence-corrected chi connectivity index (χ1v) is 6.71. The molecule has 2 rings (SSSR count). The van der Waals surface area contributed by atoms with E-state index in [9.17, 15) is 4.79 Å². The van der Waals surface area contributed by atoms with Gasteiger partial charge in [0.2, 0.25) is 0 Å². The van der Waals surface area contributed by atoms with Gasteiger partial charge in [0.15, 0.2) is 0 Å². The summed E-state index contributed by atoms with van der Waals surface area (Å²) in [6.45, 7) is 1.66. The Bertz CT molecular complexity index is 392. The van der Waals surface area contributed by atoms with Crippen LogP contribution in [0, 0.1) is 0 Å². The molecule has 0 aromatic carbocycles. The first kappa shape index (κ1) is 12.4. The van der Waals surface area contributed by atoms with Crippen LogP contribution in [0.5, 0.6) is 5.75 Å². The summed E-state index contributed by atoms with van der Waals surface area (Å²) >= 11 is 1.45. The van der Waals surface area contributed by atoms with Crippen LogP contribution in [0.1, 0.15) is 22.5 Å². The number of likely N-dealkylation sites (tertiary alicyclic amines) is 1. The molecular formula is C12H18N2O2S. The Labute approximate surface area is 106 Å². The fourth-order valence-electron chi connectivity index (χ4n) is 2.09. The first-order chi connectivity index (χ1) is 8.24. The van der Waals surface area contributed by atoms with Gasteiger partial charge >= 0.3 is 0 Å². The van der Waals surface area contributed by atoms with Crippen molar-refractivity contribution in [2.45, 2.75) is 18.9 Å². The van der Waals surface area contributed by atoms with Crippen molar-refractivity contribution in [2.24, 2.45) is 0 Å². The van der Waals surface area contributed by atoms with Crippen molar-refractivity contribution in [3.63, 3.8) is 0 Å². The number of thiophene rings is 1. The van der Waals surface area contributed by atoms with Gasteiger partial charge in [-0.05, 0) is 19.9 Å². The van der Waals surface area contributed by atoms with Gasteiger partial charge in [-0.3, -0.25) is 4.79 Å². The van der Waals surface area contributed by atoms with Crippen molar-refractivity contribution >= 4 is 17.2 Å². The molecule has 1 amide bonds. The molecule has 1 unspecified atom stereocenters. The molecule has 5 heteroatoms. The molecule has 1 atom stereocenters. The number of nitrogens with one attached hydrogen (secondary N) is 1. The van der Waals surface area contributed by atoms with Crippen molar-refractivity contribution < 1.29 is 9.53 Å². The van der Waals surface area contributed by atoms with E-state index >= 15 is 0 Å². The van der Waals surface area contributed by atoms with Crippen molar-refractivity contribution in [3.8, 4) is 5.75 Å². The van der Waals surface area contributed by atoms with Crippen molar-refractivity contribution in [3.05, 3.63) is 16.3 Å². The molecule has 4 nitrogen and oxygen atoms in total. The molecule has 1 aliphatic rings. The summed E-state index contributed by atoms with van der Waals surface area (Å²) in [7, 11) is 3.57. The Morgan fingerprint density at radius 3 is 3.12 bits per heavy atom. The van der Waals surface area contributed by atoms with Crippen molar-refractivity contribution in [1.29, 1.82) is 0 Å². The summed E-state index contributed by atoms with van der Waals surface area (Å²) in [5.74, 6) is 0.888. The van der Waals surface area contributed by atoms with Gasteiger partial charge < -0.3 is 15.0 Å². The molecule has 0 radical (unpaired) electrons. The highest BCUT2D eigenvalue weighted by Gasteiger charge is 2.24. The molecule has 2 heterocycles. The number of carbonyl (C=O) groups is 1. The second-order valence-electron chi connectivity index (χ2n) is 4.23. The quantitative estimate of drug-likeness (QED) is 0.890. The van der Waals surface area contributed by atoms with Gasteiger partial charge in [-0.15, -0.1) is 11.3 Å². The number of rotatable bonds is 3. The second kappa shape index (κ2) is 5.51. The zero-order valence-electron chi connectivity index (χ0n) is 10.2. The predicted molar refractivity (Wildman–Crippen MR) is 68.9 cm³/mol. The minimum absolute atomic E-state index is 0.123. The van der Waals surface area contributed by atoms with Crippen LogP contribution in [0.4, 0.5) is 0 Å². The highest BCUT2D eigenvalue weighted by molar-refractivity contribution is 7.12. The normalized spacial score (nSPS) is 20.4. The van der Waals surface area contributed by atoms with Crippen LogP contribution < -0.4 is 10.1 Å². The maximum atomic E-state index is 12.2. The molecule has 1 aromatic heterocycles. The van der Waals surface area contributed by atoms with Crippen molar-refractivity contribution in [2.75, 3.05) is 27.2 Å². The Morgan fingerprint density at radius 1 is 1.65 bits per heavy atom. The minimum atomic E-state index is 0.123. The van der Waals surface area contributed by atoms with E-state index in [-0.39, 0.29) is 5.91 Å².